The summed E-state index contributed by atoms with van der Waals surface area (Å²) in [6, 6.07) is 0. The Labute approximate surface area is 314 Å². The van der Waals surface area contributed by atoms with Crippen molar-refractivity contribution >= 4 is 17.7 Å². The van der Waals surface area contributed by atoms with Gasteiger partial charge in [0.1, 0.15) is 5.78 Å². The van der Waals surface area contributed by atoms with Gasteiger partial charge in [-0.25, -0.2) is 0 Å². The van der Waals surface area contributed by atoms with Gasteiger partial charge in [-0.3, -0.25) is 14.4 Å². The average molecular weight is 715 g/mol. The highest BCUT2D eigenvalue weighted by atomic mass is 16.5. The lowest BCUT2D eigenvalue weighted by Gasteiger charge is -2.23. The van der Waals surface area contributed by atoms with Crippen molar-refractivity contribution in [1.82, 2.24) is 9.80 Å². The van der Waals surface area contributed by atoms with Crippen LogP contribution in [0.1, 0.15) is 182 Å². The number of carbonyl (C=O) groups is 3. The van der Waals surface area contributed by atoms with Gasteiger partial charge in [0.2, 0.25) is 5.91 Å². The quantitative estimate of drug-likeness (QED) is 0.0323. The van der Waals surface area contributed by atoms with Gasteiger partial charge in [-0.05, 0) is 50.9 Å². The molecule has 1 fully saturated rings. The van der Waals surface area contributed by atoms with Gasteiger partial charge in [0, 0.05) is 64.3 Å². The molecule has 0 aromatic heterocycles. The third-order valence-corrected chi connectivity index (χ3v) is 10.3. The van der Waals surface area contributed by atoms with Gasteiger partial charge in [-0.1, -0.05) is 117 Å². The highest BCUT2D eigenvalue weighted by Crippen LogP contribution is 2.21. The molecule has 1 saturated heterocycles. The zero-order valence-electron chi connectivity index (χ0n) is 33.6. The van der Waals surface area contributed by atoms with E-state index in [1.807, 2.05) is 17.1 Å². The van der Waals surface area contributed by atoms with Crippen molar-refractivity contribution in [3.05, 3.63) is 12.2 Å². The first-order valence-corrected chi connectivity index (χ1v) is 21.3. The van der Waals surface area contributed by atoms with E-state index in [1.165, 1.54) is 51.4 Å². The molecular weight excluding hydrogens is 636 g/mol. The van der Waals surface area contributed by atoms with Crippen molar-refractivity contribution in [3.63, 3.8) is 0 Å². The number of hydrogen-bond donors (Lipinski definition) is 1. The molecule has 0 saturated carbocycles. The average Bonchev–Trinajstić information content (AvgIpc) is 3.55. The smallest absolute Gasteiger partial charge is 0.309 e. The van der Waals surface area contributed by atoms with Gasteiger partial charge in [-0.2, -0.15) is 0 Å². The van der Waals surface area contributed by atoms with Gasteiger partial charge in [0.15, 0.2) is 0 Å². The fourth-order valence-electron chi connectivity index (χ4n) is 6.91. The molecule has 0 aromatic rings. The van der Waals surface area contributed by atoms with Crippen LogP contribution in [0.3, 0.4) is 0 Å². The summed E-state index contributed by atoms with van der Waals surface area (Å²) in [6.45, 7) is 12.6. The molecular formula is C44H78N2O5. The predicted molar refractivity (Wildman–Crippen MR) is 212 cm³/mol. The minimum atomic E-state index is -0.292. The second-order valence-electron chi connectivity index (χ2n) is 15.0. The van der Waals surface area contributed by atoms with E-state index in [1.54, 1.807) is 0 Å². The number of nitrogens with zero attached hydrogens (tertiary/aromatic N) is 2. The number of esters is 1. The van der Waals surface area contributed by atoms with Crippen LogP contribution in [0.4, 0.5) is 0 Å². The maximum absolute atomic E-state index is 13.2. The largest absolute Gasteiger partial charge is 0.465 e. The van der Waals surface area contributed by atoms with E-state index in [2.05, 4.69) is 44.4 Å². The van der Waals surface area contributed by atoms with Gasteiger partial charge in [0.05, 0.1) is 19.1 Å². The fourth-order valence-corrected chi connectivity index (χ4v) is 6.91. The molecule has 0 aliphatic carbocycles. The molecule has 294 valence electrons. The van der Waals surface area contributed by atoms with E-state index in [0.717, 1.165) is 70.8 Å². The van der Waals surface area contributed by atoms with Crippen LogP contribution in [-0.2, 0) is 19.1 Å². The fraction of sp³-hybridized carbons (Fsp3) is 0.841. The maximum atomic E-state index is 13.2. The Hall–Kier alpha value is -2.17. The number of rotatable bonds is 32. The number of ether oxygens (including phenoxy) is 1. The van der Waals surface area contributed by atoms with Crippen molar-refractivity contribution in [1.29, 1.82) is 0 Å². The van der Waals surface area contributed by atoms with Crippen LogP contribution in [0.2, 0.25) is 0 Å². The summed E-state index contributed by atoms with van der Waals surface area (Å²) in [5.74, 6) is 7.52. The molecule has 0 radical (unpaired) electrons. The number of β-amino-alcohol motifs (C(OH)–C–C–N with tert-alkyl or cyclic N) is 1. The first-order chi connectivity index (χ1) is 24.8. The van der Waals surface area contributed by atoms with E-state index in [9.17, 15) is 19.5 Å². The van der Waals surface area contributed by atoms with Crippen molar-refractivity contribution in [2.75, 3.05) is 39.3 Å². The molecule has 0 bridgehead atoms. The number of hydrogen-bond acceptors (Lipinski definition) is 6. The van der Waals surface area contributed by atoms with Gasteiger partial charge < -0.3 is 19.6 Å². The SMILES string of the molecule is CCCCCCC(CCCC)COC(=O)C/C=C\CCN(CCC#CCCCC(=O)C(CCCC)CCCCCC)C(=O)CCN1CCC(O)C1. The Balaban J connectivity index is 2.54. The molecule has 1 heterocycles. The lowest BCUT2D eigenvalue weighted by Crippen LogP contribution is -2.35. The number of unbranched alkanes of at least 4 members (excludes halogenated alkanes) is 9. The lowest BCUT2D eigenvalue weighted by molar-refractivity contribution is -0.144. The normalized spacial score (nSPS) is 15.8. The highest BCUT2D eigenvalue weighted by molar-refractivity contribution is 5.81. The summed E-state index contributed by atoms with van der Waals surface area (Å²) in [5, 5.41) is 9.86. The Morgan fingerprint density at radius 1 is 0.784 bits per heavy atom. The van der Waals surface area contributed by atoms with E-state index in [0.29, 0.717) is 76.6 Å². The number of carbonyl (C=O) groups excluding carboxylic acids is 3. The van der Waals surface area contributed by atoms with Crippen molar-refractivity contribution in [2.45, 2.75) is 188 Å². The first kappa shape index (κ1) is 46.9. The third kappa shape index (κ3) is 25.4. The number of likely N-dealkylation sites (tertiary alicyclic amines) is 1. The molecule has 3 atom stereocenters. The van der Waals surface area contributed by atoms with Crippen LogP contribution in [-0.4, -0.2) is 78.0 Å². The van der Waals surface area contributed by atoms with E-state index >= 15 is 0 Å². The monoisotopic (exact) mass is 715 g/mol. The predicted octanol–water partition coefficient (Wildman–Crippen LogP) is 9.84. The number of amides is 1. The standard InChI is InChI=1S/C44H78N2O5/c1-5-9-13-19-26-39(25-11-7-3)38-51-44(50)30-22-18-24-34-46(43(49)32-36-45-35-31-41(47)37-45)33-23-17-15-16-21-29-42(48)40(27-12-8-4)28-20-14-10-6-2/h18,22,39-41,47H,5-14,16,19-21,23-38H2,1-4H3/b22-18-. The second-order valence-corrected chi connectivity index (χ2v) is 15.0. The Morgan fingerprint density at radius 3 is 2.12 bits per heavy atom. The minimum absolute atomic E-state index is 0.103. The highest BCUT2D eigenvalue weighted by Gasteiger charge is 2.22. The van der Waals surface area contributed by atoms with E-state index < -0.39 is 0 Å². The molecule has 1 amide bonds. The number of ketones is 1. The summed E-state index contributed by atoms with van der Waals surface area (Å²) < 4.78 is 5.66. The molecule has 7 nitrogen and oxygen atoms in total. The second kappa shape index (κ2) is 32.5. The minimum Gasteiger partial charge on any atom is -0.465 e. The zero-order valence-corrected chi connectivity index (χ0v) is 33.6. The van der Waals surface area contributed by atoms with Crippen LogP contribution in [0.15, 0.2) is 12.2 Å². The first-order valence-electron chi connectivity index (χ1n) is 21.3. The summed E-state index contributed by atoms with van der Waals surface area (Å²) in [7, 11) is 0. The van der Waals surface area contributed by atoms with Gasteiger partial charge >= 0.3 is 5.97 Å². The number of Topliss-reactive ketones (excluding diaryl/α,β-unsaturated/α-hetero) is 1. The number of aliphatic hydroxyl groups excluding tert-OH is 1. The van der Waals surface area contributed by atoms with Gasteiger partial charge in [0.25, 0.3) is 0 Å². The van der Waals surface area contributed by atoms with Crippen molar-refractivity contribution < 1.29 is 24.2 Å². The zero-order chi connectivity index (χ0) is 37.4. The Bertz CT molecular complexity index is 986. The Kier molecular flexibility index (Phi) is 29.8. The summed E-state index contributed by atoms with van der Waals surface area (Å²) in [5.41, 5.74) is 0. The van der Waals surface area contributed by atoms with Crippen molar-refractivity contribution in [2.24, 2.45) is 11.8 Å². The molecule has 1 rings (SSSR count). The molecule has 1 aliphatic heterocycles. The molecule has 0 spiro atoms. The molecule has 1 N–H and O–H groups in total. The van der Waals surface area contributed by atoms with Crippen molar-refractivity contribution in [3.8, 4) is 11.8 Å². The van der Waals surface area contributed by atoms with Crippen LogP contribution in [0.5, 0.6) is 0 Å². The van der Waals surface area contributed by atoms with Crippen LogP contribution in [0.25, 0.3) is 0 Å². The summed E-state index contributed by atoms with van der Waals surface area (Å²) in [6.07, 6.45) is 27.1. The molecule has 0 aromatic carbocycles. The number of aliphatic hydroxyl groups is 1. The van der Waals surface area contributed by atoms with Gasteiger partial charge in [-0.15, -0.1) is 11.8 Å². The lowest BCUT2D eigenvalue weighted by atomic mass is 9.89. The third-order valence-electron chi connectivity index (χ3n) is 10.3. The topological polar surface area (TPSA) is 87.2 Å². The summed E-state index contributed by atoms with van der Waals surface area (Å²) in [4.78, 5) is 42.7. The summed E-state index contributed by atoms with van der Waals surface area (Å²) >= 11 is 0. The molecule has 7 heteroatoms. The molecule has 1 aliphatic rings. The maximum Gasteiger partial charge on any atom is 0.309 e. The van der Waals surface area contributed by atoms with Crippen LogP contribution < -0.4 is 0 Å². The van der Waals surface area contributed by atoms with E-state index in [4.69, 9.17) is 4.74 Å². The Morgan fingerprint density at radius 2 is 1.43 bits per heavy atom. The molecule has 3 unspecified atom stereocenters. The molecule has 51 heavy (non-hydrogen) atoms. The van der Waals surface area contributed by atoms with Crippen LogP contribution >= 0.6 is 0 Å². The van der Waals surface area contributed by atoms with Crippen LogP contribution in [0, 0.1) is 23.7 Å². The van der Waals surface area contributed by atoms with E-state index in [-0.39, 0.29) is 30.3 Å².